The minimum atomic E-state index is -0.554. The van der Waals surface area contributed by atoms with Crippen molar-refractivity contribution in [3.8, 4) is 0 Å². The maximum absolute atomic E-state index is 9.26. The van der Waals surface area contributed by atoms with Crippen LogP contribution in [0.25, 0.3) is 0 Å². The van der Waals surface area contributed by atoms with E-state index in [2.05, 4.69) is 6.58 Å². The number of aliphatic hydroxyl groups excluding tert-OH is 2. The van der Waals surface area contributed by atoms with Crippen molar-refractivity contribution >= 4 is 0 Å². The molecule has 56 valence electrons. The van der Waals surface area contributed by atoms with Gasteiger partial charge < -0.3 is 10.2 Å². The summed E-state index contributed by atoms with van der Waals surface area (Å²) in [5.74, 6) is -0.190. The van der Waals surface area contributed by atoms with Crippen LogP contribution >= 0.6 is 0 Å². The van der Waals surface area contributed by atoms with E-state index in [1.54, 1.807) is 18.2 Å². The highest BCUT2D eigenvalue weighted by molar-refractivity contribution is 5.06. The number of hydrogen-bond acceptors (Lipinski definition) is 2. The summed E-state index contributed by atoms with van der Waals surface area (Å²) in [6, 6.07) is 0. The SMILES string of the molecule is C=C[C@H]1C(O)C=CC[C@@H]1O. The Labute approximate surface area is 60.5 Å². The van der Waals surface area contributed by atoms with E-state index < -0.39 is 12.2 Å². The second-order valence-corrected chi connectivity index (χ2v) is 2.53. The molecular formula is C8H12O2. The van der Waals surface area contributed by atoms with Crippen LogP contribution in [0.4, 0.5) is 0 Å². The highest BCUT2D eigenvalue weighted by atomic mass is 16.3. The molecule has 2 N–H and O–H groups in total. The lowest BCUT2D eigenvalue weighted by atomic mass is 9.89. The molecule has 0 aromatic rings. The van der Waals surface area contributed by atoms with Crippen LogP contribution in [0.1, 0.15) is 6.42 Å². The second kappa shape index (κ2) is 2.99. The van der Waals surface area contributed by atoms with Crippen molar-refractivity contribution in [3.05, 3.63) is 24.8 Å². The fourth-order valence-electron chi connectivity index (χ4n) is 1.17. The van der Waals surface area contributed by atoms with E-state index in [0.29, 0.717) is 6.42 Å². The molecule has 0 aromatic carbocycles. The number of rotatable bonds is 1. The Kier molecular flexibility index (Phi) is 2.25. The molecule has 2 heteroatoms. The zero-order valence-corrected chi connectivity index (χ0v) is 5.77. The highest BCUT2D eigenvalue weighted by Gasteiger charge is 2.24. The fraction of sp³-hybridized carbons (Fsp3) is 0.500. The second-order valence-electron chi connectivity index (χ2n) is 2.53. The summed E-state index contributed by atoms with van der Waals surface area (Å²) in [6.07, 6.45) is 4.68. The number of hydrogen-bond donors (Lipinski definition) is 2. The molecule has 0 saturated carbocycles. The Hall–Kier alpha value is -0.600. The molecule has 0 fully saturated rings. The lowest BCUT2D eigenvalue weighted by molar-refractivity contribution is 0.0539. The largest absolute Gasteiger partial charge is 0.392 e. The lowest BCUT2D eigenvalue weighted by Crippen LogP contribution is -2.31. The molecule has 0 aliphatic heterocycles. The van der Waals surface area contributed by atoms with Crippen LogP contribution < -0.4 is 0 Å². The van der Waals surface area contributed by atoms with Gasteiger partial charge in [-0.15, -0.1) is 6.58 Å². The van der Waals surface area contributed by atoms with Crippen molar-refractivity contribution in [2.24, 2.45) is 5.92 Å². The standard InChI is InChI=1S/C8H12O2/c1-2-6-7(9)4-3-5-8(6)10/h2-4,6-10H,1,5H2/t6-,7?,8-/m0/s1. The predicted molar refractivity (Wildman–Crippen MR) is 39.5 cm³/mol. The van der Waals surface area contributed by atoms with Crippen LogP contribution in [0.3, 0.4) is 0 Å². The van der Waals surface area contributed by atoms with Gasteiger partial charge in [0.2, 0.25) is 0 Å². The topological polar surface area (TPSA) is 40.5 Å². The third kappa shape index (κ3) is 1.28. The molecule has 0 aromatic heterocycles. The van der Waals surface area contributed by atoms with Crippen LogP contribution in [0.15, 0.2) is 24.8 Å². The molecule has 2 nitrogen and oxygen atoms in total. The van der Waals surface area contributed by atoms with E-state index in [9.17, 15) is 10.2 Å². The van der Waals surface area contributed by atoms with E-state index in [0.717, 1.165) is 0 Å². The van der Waals surface area contributed by atoms with E-state index in [-0.39, 0.29) is 5.92 Å². The predicted octanol–water partition coefficient (Wildman–Crippen LogP) is 0.470. The summed E-state index contributed by atoms with van der Waals surface area (Å²) in [4.78, 5) is 0. The maximum Gasteiger partial charge on any atom is 0.0808 e. The molecule has 0 spiro atoms. The molecular weight excluding hydrogens is 128 g/mol. The van der Waals surface area contributed by atoms with Gasteiger partial charge in [-0.05, 0) is 6.42 Å². The summed E-state index contributed by atoms with van der Waals surface area (Å²) >= 11 is 0. The van der Waals surface area contributed by atoms with Gasteiger partial charge >= 0.3 is 0 Å². The highest BCUT2D eigenvalue weighted by Crippen LogP contribution is 2.19. The van der Waals surface area contributed by atoms with Crippen LogP contribution in [0.2, 0.25) is 0 Å². The van der Waals surface area contributed by atoms with Gasteiger partial charge in [-0.2, -0.15) is 0 Å². The van der Waals surface area contributed by atoms with E-state index in [4.69, 9.17) is 0 Å². The van der Waals surface area contributed by atoms with E-state index in [1.807, 2.05) is 0 Å². The maximum atomic E-state index is 9.26. The molecule has 0 bridgehead atoms. The Morgan fingerprint density at radius 2 is 2.20 bits per heavy atom. The zero-order valence-electron chi connectivity index (χ0n) is 5.77. The number of aliphatic hydroxyl groups is 2. The minimum Gasteiger partial charge on any atom is -0.392 e. The Morgan fingerprint density at radius 3 is 2.60 bits per heavy atom. The Morgan fingerprint density at radius 1 is 1.50 bits per heavy atom. The van der Waals surface area contributed by atoms with Gasteiger partial charge in [-0.1, -0.05) is 18.2 Å². The first-order valence-electron chi connectivity index (χ1n) is 3.41. The molecule has 0 radical (unpaired) electrons. The average Bonchev–Trinajstić information content (AvgIpc) is 1.88. The van der Waals surface area contributed by atoms with Crippen molar-refractivity contribution < 1.29 is 10.2 Å². The normalized spacial score (nSPS) is 39.6. The van der Waals surface area contributed by atoms with Gasteiger partial charge in [0.25, 0.3) is 0 Å². The summed E-state index contributed by atoms with van der Waals surface area (Å²) < 4.78 is 0. The fourth-order valence-corrected chi connectivity index (χ4v) is 1.17. The quantitative estimate of drug-likeness (QED) is 0.520. The Balaban J connectivity index is 2.67. The third-order valence-corrected chi connectivity index (χ3v) is 1.82. The van der Waals surface area contributed by atoms with Gasteiger partial charge in [-0.25, -0.2) is 0 Å². The van der Waals surface area contributed by atoms with Crippen molar-refractivity contribution in [1.29, 1.82) is 0 Å². The first-order chi connectivity index (χ1) is 4.75. The molecule has 10 heavy (non-hydrogen) atoms. The smallest absolute Gasteiger partial charge is 0.0808 e. The van der Waals surface area contributed by atoms with Crippen LogP contribution in [0.5, 0.6) is 0 Å². The van der Waals surface area contributed by atoms with Crippen molar-refractivity contribution in [1.82, 2.24) is 0 Å². The molecule has 0 heterocycles. The van der Waals surface area contributed by atoms with Gasteiger partial charge in [-0.3, -0.25) is 0 Å². The molecule has 1 aliphatic rings. The van der Waals surface area contributed by atoms with E-state index in [1.165, 1.54) is 0 Å². The van der Waals surface area contributed by atoms with Crippen molar-refractivity contribution in [2.75, 3.05) is 0 Å². The van der Waals surface area contributed by atoms with Crippen molar-refractivity contribution in [3.63, 3.8) is 0 Å². The molecule has 1 aliphatic carbocycles. The minimum absolute atomic E-state index is 0.190. The van der Waals surface area contributed by atoms with Crippen LogP contribution in [-0.4, -0.2) is 22.4 Å². The molecule has 0 amide bonds. The van der Waals surface area contributed by atoms with Gasteiger partial charge in [0.15, 0.2) is 0 Å². The van der Waals surface area contributed by atoms with Gasteiger partial charge in [0.1, 0.15) is 0 Å². The molecule has 1 unspecified atom stereocenters. The van der Waals surface area contributed by atoms with Crippen LogP contribution in [-0.2, 0) is 0 Å². The van der Waals surface area contributed by atoms with E-state index >= 15 is 0 Å². The third-order valence-electron chi connectivity index (χ3n) is 1.82. The Bertz CT molecular complexity index is 151. The monoisotopic (exact) mass is 140 g/mol. The summed E-state index contributed by atoms with van der Waals surface area (Å²) in [5, 5.41) is 18.5. The summed E-state index contributed by atoms with van der Waals surface area (Å²) in [6.45, 7) is 3.53. The summed E-state index contributed by atoms with van der Waals surface area (Å²) in [7, 11) is 0. The first-order valence-corrected chi connectivity index (χ1v) is 3.41. The van der Waals surface area contributed by atoms with Crippen molar-refractivity contribution in [2.45, 2.75) is 18.6 Å². The van der Waals surface area contributed by atoms with Gasteiger partial charge in [0.05, 0.1) is 12.2 Å². The molecule has 1 rings (SSSR count). The van der Waals surface area contributed by atoms with Gasteiger partial charge in [0, 0.05) is 5.92 Å². The zero-order chi connectivity index (χ0) is 7.56. The lowest BCUT2D eigenvalue weighted by Gasteiger charge is -2.25. The average molecular weight is 140 g/mol. The van der Waals surface area contributed by atoms with Crippen LogP contribution in [0, 0.1) is 5.92 Å². The molecule has 3 atom stereocenters. The molecule has 0 saturated heterocycles. The summed E-state index contributed by atoms with van der Waals surface area (Å²) in [5.41, 5.74) is 0. The first kappa shape index (κ1) is 7.51.